The molecule has 0 fully saturated rings. The maximum atomic E-state index is 5.47. The fourth-order valence-electron chi connectivity index (χ4n) is 1.10. The Hall–Kier alpha value is -1.34. The van der Waals surface area contributed by atoms with Crippen LogP contribution in [0.1, 0.15) is 5.56 Å². The molecular formula is C13H9LiO. The number of allylic oxidation sites excluding steroid dienone is 3. The minimum Gasteiger partial charge on any atom is -0.483 e. The van der Waals surface area contributed by atoms with E-state index in [1.807, 2.05) is 36.4 Å². The second-order valence-electron chi connectivity index (χ2n) is 2.84. The van der Waals surface area contributed by atoms with Crippen molar-refractivity contribution < 1.29 is 23.6 Å². The summed E-state index contributed by atoms with van der Waals surface area (Å²) < 4.78 is 5.47. The molecule has 1 aromatic rings. The first-order chi connectivity index (χ1) is 6.95. The monoisotopic (exact) mass is 188 g/mol. The number of hydrogen-bond acceptors (Lipinski definition) is 1. The molecule has 1 aliphatic rings. The molecule has 2 heteroatoms. The van der Waals surface area contributed by atoms with Gasteiger partial charge in [0.15, 0.2) is 5.76 Å². The standard InChI is InChI=1S/C13H9O.Li/c1-3-7-12(8-4-1)11-14-13-9-5-2-6-10-13;/h1-5,7,9H,11H2;/q-1;+1. The summed E-state index contributed by atoms with van der Waals surface area (Å²) in [6.07, 6.45) is 5.53. The number of ether oxygens (including phenoxy) is 1. The van der Waals surface area contributed by atoms with Crippen LogP contribution in [0.4, 0.5) is 0 Å². The van der Waals surface area contributed by atoms with Crippen LogP contribution < -0.4 is 18.9 Å². The van der Waals surface area contributed by atoms with Gasteiger partial charge in [0.1, 0.15) is 0 Å². The van der Waals surface area contributed by atoms with E-state index in [-0.39, 0.29) is 18.9 Å². The van der Waals surface area contributed by atoms with Crippen LogP contribution in [0, 0.1) is 6.07 Å². The van der Waals surface area contributed by atoms with Gasteiger partial charge < -0.3 is 4.74 Å². The van der Waals surface area contributed by atoms with Crippen molar-refractivity contribution in [2.75, 3.05) is 0 Å². The van der Waals surface area contributed by atoms with Crippen molar-refractivity contribution in [2.24, 2.45) is 0 Å². The Morgan fingerprint density at radius 2 is 2.27 bits per heavy atom. The van der Waals surface area contributed by atoms with Crippen LogP contribution in [0.15, 0.2) is 59.7 Å². The zero-order valence-electron chi connectivity index (χ0n) is 8.66. The van der Waals surface area contributed by atoms with Crippen molar-refractivity contribution in [2.45, 2.75) is 6.61 Å². The predicted molar refractivity (Wildman–Crippen MR) is 54.3 cm³/mol. The molecule has 0 radical (unpaired) electrons. The maximum absolute atomic E-state index is 5.47. The molecule has 0 aromatic heterocycles. The second kappa shape index (κ2) is 6.20. The summed E-state index contributed by atoms with van der Waals surface area (Å²) in [5.41, 5.74) is 6.75. The molecule has 1 aromatic carbocycles. The minimum atomic E-state index is 0. The predicted octanol–water partition coefficient (Wildman–Crippen LogP) is -0.229. The van der Waals surface area contributed by atoms with Crippen molar-refractivity contribution in [1.29, 1.82) is 0 Å². The Balaban J connectivity index is 0.00000112. The minimum absolute atomic E-state index is 0. The Kier molecular flexibility index (Phi) is 4.85. The molecule has 2 rings (SSSR count). The van der Waals surface area contributed by atoms with Gasteiger partial charge in [0.2, 0.25) is 0 Å². The van der Waals surface area contributed by atoms with Gasteiger partial charge in [-0.3, -0.25) is 0 Å². The van der Waals surface area contributed by atoms with Crippen LogP contribution in [0.3, 0.4) is 0 Å². The Morgan fingerprint density at radius 1 is 1.33 bits per heavy atom. The van der Waals surface area contributed by atoms with Gasteiger partial charge in [-0.2, -0.15) is 30.3 Å². The molecule has 0 N–H and O–H groups in total. The average Bonchev–Trinajstić information content (AvgIpc) is 2.29. The molecule has 15 heavy (non-hydrogen) atoms. The van der Waals surface area contributed by atoms with Crippen molar-refractivity contribution in [3.05, 3.63) is 71.3 Å². The van der Waals surface area contributed by atoms with E-state index in [9.17, 15) is 0 Å². The van der Waals surface area contributed by atoms with Crippen LogP contribution in [-0.2, 0) is 11.3 Å². The molecule has 1 nitrogen and oxygen atoms in total. The molecule has 0 spiro atoms. The second-order valence-corrected chi connectivity index (χ2v) is 2.84. The van der Waals surface area contributed by atoms with Gasteiger partial charge in [-0.25, -0.2) is 0 Å². The first-order valence-electron chi connectivity index (χ1n) is 4.42. The quantitative estimate of drug-likeness (QED) is 0.362. The van der Waals surface area contributed by atoms with Gasteiger partial charge in [-0.05, 0) is 24.0 Å². The molecule has 0 atom stereocenters. The molecule has 1 aliphatic carbocycles. The molecule has 0 amide bonds. The van der Waals surface area contributed by atoms with E-state index < -0.39 is 0 Å². The average molecular weight is 188 g/mol. The molecule has 0 unspecified atom stereocenters. The summed E-state index contributed by atoms with van der Waals surface area (Å²) in [7, 11) is 0. The van der Waals surface area contributed by atoms with Crippen molar-refractivity contribution in [1.82, 2.24) is 0 Å². The van der Waals surface area contributed by atoms with Crippen LogP contribution in [0.25, 0.3) is 0 Å². The molecule has 68 valence electrons. The molecule has 0 aliphatic heterocycles. The smallest absolute Gasteiger partial charge is 0.483 e. The third-order valence-corrected chi connectivity index (χ3v) is 1.78. The summed E-state index contributed by atoms with van der Waals surface area (Å²) in [5.74, 6) is 0.713. The fourth-order valence-corrected chi connectivity index (χ4v) is 1.10. The summed E-state index contributed by atoms with van der Waals surface area (Å²) in [4.78, 5) is 0. The Labute approximate surface area is 102 Å². The van der Waals surface area contributed by atoms with Gasteiger partial charge in [-0.1, -0.05) is 5.73 Å². The van der Waals surface area contributed by atoms with Crippen LogP contribution in [-0.4, -0.2) is 0 Å². The van der Waals surface area contributed by atoms with Crippen LogP contribution in [0.2, 0.25) is 0 Å². The van der Waals surface area contributed by atoms with Gasteiger partial charge in [0, 0.05) is 0 Å². The van der Waals surface area contributed by atoms with Gasteiger partial charge in [0.25, 0.3) is 0 Å². The van der Waals surface area contributed by atoms with Crippen LogP contribution >= 0.6 is 0 Å². The van der Waals surface area contributed by atoms with E-state index in [2.05, 4.69) is 17.5 Å². The van der Waals surface area contributed by atoms with Gasteiger partial charge in [0.05, 0.1) is 6.61 Å². The Bertz CT molecular complexity index is 433. The summed E-state index contributed by atoms with van der Waals surface area (Å²) >= 11 is 0. The molecule has 0 saturated carbocycles. The SMILES string of the molecule is C1=C=C(OCc2[c-]cccc2)C=CC=1.[Li+]. The zero-order valence-corrected chi connectivity index (χ0v) is 8.66. The van der Waals surface area contributed by atoms with Crippen molar-refractivity contribution >= 4 is 0 Å². The van der Waals surface area contributed by atoms with Crippen molar-refractivity contribution in [3.63, 3.8) is 0 Å². The van der Waals surface area contributed by atoms with E-state index in [0.717, 1.165) is 5.56 Å². The van der Waals surface area contributed by atoms with Crippen LogP contribution in [0.5, 0.6) is 0 Å². The normalized spacial score (nSPS) is 11.9. The largest absolute Gasteiger partial charge is 1.00 e. The summed E-state index contributed by atoms with van der Waals surface area (Å²) in [6, 6.07) is 10.8. The molecule has 0 heterocycles. The van der Waals surface area contributed by atoms with E-state index in [4.69, 9.17) is 4.74 Å². The third kappa shape index (κ3) is 3.72. The topological polar surface area (TPSA) is 9.23 Å². The molecule has 0 bridgehead atoms. The molecular weight excluding hydrogens is 179 g/mol. The van der Waals surface area contributed by atoms with Gasteiger partial charge in [-0.15, -0.1) is 5.56 Å². The number of hydrogen-bond donors (Lipinski definition) is 0. The molecule has 0 saturated heterocycles. The first kappa shape index (κ1) is 11.7. The summed E-state index contributed by atoms with van der Waals surface area (Å²) in [6.45, 7) is 0.523. The van der Waals surface area contributed by atoms with Crippen molar-refractivity contribution in [3.8, 4) is 0 Å². The first-order valence-corrected chi connectivity index (χ1v) is 4.42. The third-order valence-electron chi connectivity index (χ3n) is 1.78. The fraction of sp³-hybridized carbons (Fsp3) is 0.0769. The van der Waals surface area contributed by atoms with E-state index in [0.29, 0.717) is 12.4 Å². The number of rotatable bonds is 3. The van der Waals surface area contributed by atoms with E-state index >= 15 is 0 Å². The van der Waals surface area contributed by atoms with Gasteiger partial charge >= 0.3 is 18.9 Å². The summed E-state index contributed by atoms with van der Waals surface area (Å²) in [5, 5.41) is 0. The Morgan fingerprint density at radius 3 is 2.93 bits per heavy atom. The maximum Gasteiger partial charge on any atom is 1.00 e. The van der Waals surface area contributed by atoms with E-state index in [1.54, 1.807) is 6.08 Å². The zero-order chi connectivity index (χ0) is 9.64. The van der Waals surface area contributed by atoms with E-state index in [1.165, 1.54) is 0 Å². The number of benzene rings is 1.